The highest BCUT2D eigenvalue weighted by molar-refractivity contribution is 5.36. The van der Waals surface area contributed by atoms with Crippen molar-refractivity contribution in [3.63, 3.8) is 0 Å². The number of rotatable bonds is 2. The number of nitrogens with zero attached hydrogens (tertiary/aromatic N) is 4. The van der Waals surface area contributed by atoms with Crippen LogP contribution in [0.3, 0.4) is 0 Å². The first kappa shape index (κ1) is 9.83. The van der Waals surface area contributed by atoms with Crippen LogP contribution in [-0.4, -0.2) is 20.2 Å². The summed E-state index contributed by atoms with van der Waals surface area (Å²) in [6.45, 7) is 6.24. The Morgan fingerprint density at radius 1 is 1.27 bits per heavy atom. The fourth-order valence-electron chi connectivity index (χ4n) is 1.49. The van der Waals surface area contributed by atoms with E-state index in [0.29, 0.717) is 5.92 Å². The molecule has 1 heterocycles. The van der Waals surface area contributed by atoms with Gasteiger partial charge in [0.1, 0.15) is 0 Å². The van der Waals surface area contributed by atoms with Gasteiger partial charge in [-0.05, 0) is 41.0 Å². The molecule has 0 amide bonds. The van der Waals surface area contributed by atoms with E-state index in [1.54, 1.807) is 4.68 Å². The van der Waals surface area contributed by atoms with Gasteiger partial charge in [-0.1, -0.05) is 26.0 Å². The van der Waals surface area contributed by atoms with Gasteiger partial charge < -0.3 is 0 Å². The van der Waals surface area contributed by atoms with E-state index < -0.39 is 0 Å². The molecule has 2 rings (SSSR count). The summed E-state index contributed by atoms with van der Waals surface area (Å²) >= 11 is 0. The van der Waals surface area contributed by atoms with Crippen LogP contribution in [0.2, 0.25) is 0 Å². The molecule has 15 heavy (non-hydrogen) atoms. The molecule has 4 nitrogen and oxygen atoms in total. The summed E-state index contributed by atoms with van der Waals surface area (Å²) in [5.41, 5.74) is 2.31. The normalized spacial score (nSPS) is 10.9. The summed E-state index contributed by atoms with van der Waals surface area (Å²) in [6.07, 6.45) is 0. The Kier molecular flexibility index (Phi) is 2.49. The molecule has 0 aliphatic heterocycles. The molecule has 2 aromatic rings. The molecule has 0 saturated carbocycles. The highest BCUT2D eigenvalue weighted by Gasteiger charge is 2.05. The maximum Gasteiger partial charge on any atom is 0.153 e. The van der Waals surface area contributed by atoms with Gasteiger partial charge >= 0.3 is 0 Å². The van der Waals surface area contributed by atoms with Gasteiger partial charge in [0.2, 0.25) is 0 Å². The number of hydrogen-bond acceptors (Lipinski definition) is 3. The predicted molar refractivity (Wildman–Crippen MR) is 58.0 cm³/mol. The molecular weight excluding hydrogens is 188 g/mol. The van der Waals surface area contributed by atoms with E-state index in [1.807, 2.05) is 19.1 Å². The van der Waals surface area contributed by atoms with Gasteiger partial charge in [-0.25, -0.2) is 0 Å². The molecule has 0 fully saturated rings. The van der Waals surface area contributed by atoms with Gasteiger partial charge in [0.15, 0.2) is 5.82 Å². The zero-order valence-corrected chi connectivity index (χ0v) is 9.18. The average Bonchev–Trinajstić information content (AvgIpc) is 2.64. The standard InChI is InChI=1S/C11H14N4/c1-8(2)10-5-4-6-11(7-10)15-9(3)12-13-14-15/h4-8H,1-3H3. The van der Waals surface area contributed by atoms with E-state index in [1.165, 1.54) is 5.56 Å². The summed E-state index contributed by atoms with van der Waals surface area (Å²) in [5, 5.41) is 11.4. The van der Waals surface area contributed by atoms with Crippen molar-refractivity contribution in [1.29, 1.82) is 0 Å². The molecule has 1 aromatic heterocycles. The quantitative estimate of drug-likeness (QED) is 0.749. The first-order valence-electron chi connectivity index (χ1n) is 5.04. The Balaban J connectivity index is 2.46. The van der Waals surface area contributed by atoms with E-state index in [0.717, 1.165) is 11.5 Å². The zero-order chi connectivity index (χ0) is 10.8. The van der Waals surface area contributed by atoms with Gasteiger partial charge in [-0.15, -0.1) is 5.10 Å². The van der Waals surface area contributed by atoms with E-state index in [2.05, 4.69) is 41.5 Å². The zero-order valence-electron chi connectivity index (χ0n) is 9.18. The molecule has 0 N–H and O–H groups in total. The van der Waals surface area contributed by atoms with Gasteiger partial charge in [0, 0.05) is 0 Å². The van der Waals surface area contributed by atoms with E-state index in [-0.39, 0.29) is 0 Å². The number of aromatic nitrogens is 4. The SMILES string of the molecule is Cc1nnnn1-c1cccc(C(C)C)c1. The maximum absolute atomic E-state index is 3.94. The van der Waals surface area contributed by atoms with Crippen molar-refractivity contribution in [2.75, 3.05) is 0 Å². The third-order valence-corrected chi connectivity index (χ3v) is 2.41. The van der Waals surface area contributed by atoms with Gasteiger partial charge in [-0.2, -0.15) is 4.68 Å². The van der Waals surface area contributed by atoms with Crippen LogP contribution in [0.15, 0.2) is 24.3 Å². The lowest BCUT2D eigenvalue weighted by Crippen LogP contribution is -2.00. The van der Waals surface area contributed by atoms with Crippen molar-refractivity contribution >= 4 is 0 Å². The Morgan fingerprint density at radius 3 is 2.67 bits per heavy atom. The van der Waals surface area contributed by atoms with Crippen molar-refractivity contribution in [1.82, 2.24) is 20.2 Å². The lowest BCUT2D eigenvalue weighted by Gasteiger charge is -2.07. The predicted octanol–water partition coefficient (Wildman–Crippen LogP) is 2.09. The van der Waals surface area contributed by atoms with Gasteiger partial charge in [0.05, 0.1) is 5.69 Å². The molecule has 0 atom stereocenters. The number of aryl methyl sites for hydroxylation is 1. The first-order valence-corrected chi connectivity index (χ1v) is 5.04. The Labute approximate surface area is 88.9 Å². The van der Waals surface area contributed by atoms with Gasteiger partial charge in [-0.3, -0.25) is 0 Å². The van der Waals surface area contributed by atoms with Crippen molar-refractivity contribution in [2.24, 2.45) is 0 Å². The third-order valence-electron chi connectivity index (χ3n) is 2.41. The second-order valence-electron chi connectivity index (χ2n) is 3.89. The molecule has 0 unspecified atom stereocenters. The van der Waals surface area contributed by atoms with E-state index >= 15 is 0 Å². The van der Waals surface area contributed by atoms with Crippen molar-refractivity contribution < 1.29 is 0 Å². The fourth-order valence-corrected chi connectivity index (χ4v) is 1.49. The summed E-state index contributed by atoms with van der Waals surface area (Å²) in [5.74, 6) is 1.32. The summed E-state index contributed by atoms with van der Waals surface area (Å²) < 4.78 is 1.74. The molecule has 78 valence electrons. The van der Waals surface area contributed by atoms with Crippen molar-refractivity contribution in [2.45, 2.75) is 26.7 Å². The minimum atomic E-state index is 0.515. The van der Waals surface area contributed by atoms with Crippen LogP contribution in [0, 0.1) is 6.92 Å². The van der Waals surface area contributed by atoms with Crippen LogP contribution in [0.1, 0.15) is 31.2 Å². The molecule has 4 heteroatoms. The lowest BCUT2D eigenvalue weighted by atomic mass is 10.0. The molecule has 0 bridgehead atoms. The Hall–Kier alpha value is -1.71. The molecule has 0 spiro atoms. The maximum atomic E-state index is 3.94. The second-order valence-corrected chi connectivity index (χ2v) is 3.89. The average molecular weight is 202 g/mol. The van der Waals surface area contributed by atoms with Crippen LogP contribution in [-0.2, 0) is 0 Å². The third kappa shape index (κ3) is 1.88. The van der Waals surface area contributed by atoms with Crippen LogP contribution in [0.5, 0.6) is 0 Å². The Bertz CT molecular complexity index is 459. The van der Waals surface area contributed by atoms with Crippen molar-refractivity contribution in [3.05, 3.63) is 35.7 Å². The largest absolute Gasteiger partial charge is 0.198 e. The number of benzene rings is 1. The van der Waals surface area contributed by atoms with E-state index in [4.69, 9.17) is 0 Å². The van der Waals surface area contributed by atoms with Crippen LogP contribution in [0.25, 0.3) is 5.69 Å². The summed E-state index contributed by atoms with van der Waals surface area (Å²) in [4.78, 5) is 0. The molecular formula is C11H14N4. The summed E-state index contributed by atoms with van der Waals surface area (Å²) in [6, 6.07) is 8.28. The minimum Gasteiger partial charge on any atom is -0.198 e. The molecule has 0 radical (unpaired) electrons. The van der Waals surface area contributed by atoms with Crippen LogP contribution >= 0.6 is 0 Å². The number of hydrogen-bond donors (Lipinski definition) is 0. The molecule has 0 aliphatic rings. The van der Waals surface area contributed by atoms with E-state index in [9.17, 15) is 0 Å². The molecule has 0 aliphatic carbocycles. The van der Waals surface area contributed by atoms with Crippen molar-refractivity contribution in [3.8, 4) is 5.69 Å². The van der Waals surface area contributed by atoms with Gasteiger partial charge in [0.25, 0.3) is 0 Å². The highest BCUT2D eigenvalue weighted by atomic mass is 15.5. The smallest absolute Gasteiger partial charge is 0.153 e. The molecule has 0 saturated heterocycles. The fraction of sp³-hybridized carbons (Fsp3) is 0.364. The highest BCUT2D eigenvalue weighted by Crippen LogP contribution is 2.17. The first-order chi connectivity index (χ1) is 7.18. The monoisotopic (exact) mass is 202 g/mol. The minimum absolute atomic E-state index is 0.515. The lowest BCUT2D eigenvalue weighted by molar-refractivity contribution is 0.774. The Morgan fingerprint density at radius 2 is 2.07 bits per heavy atom. The second kappa shape index (κ2) is 3.81. The summed E-state index contributed by atoms with van der Waals surface area (Å²) in [7, 11) is 0. The van der Waals surface area contributed by atoms with Crippen LogP contribution in [0.4, 0.5) is 0 Å². The number of tetrazole rings is 1. The van der Waals surface area contributed by atoms with Crippen LogP contribution < -0.4 is 0 Å². The topological polar surface area (TPSA) is 43.6 Å². The molecule has 1 aromatic carbocycles.